The second-order valence-corrected chi connectivity index (χ2v) is 8.79. The van der Waals surface area contributed by atoms with Gasteiger partial charge in [0.15, 0.2) is 0 Å². The Morgan fingerprint density at radius 1 is 0.914 bits per heavy atom. The summed E-state index contributed by atoms with van der Waals surface area (Å²) < 4.78 is 17.5. The molecule has 1 aliphatic carbocycles. The molecule has 0 unspecified atom stereocenters. The molecule has 35 heavy (non-hydrogen) atoms. The number of hydrogen-bond donors (Lipinski definition) is 1. The molecule has 4 aromatic rings. The van der Waals surface area contributed by atoms with Crippen LogP contribution >= 0.6 is 0 Å². The number of aromatic nitrogens is 1. The number of carbonyl (C=O) groups is 1. The van der Waals surface area contributed by atoms with Crippen LogP contribution in [-0.2, 0) is 11.2 Å². The molecule has 1 saturated carbocycles. The Morgan fingerprint density at radius 3 is 2.17 bits per heavy atom. The molecule has 5 rings (SSSR count). The van der Waals surface area contributed by atoms with E-state index in [0.717, 1.165) is 29.0 Å². The fourth-order valence-electron chi connectivity index (χ4n) is 4.17. The summed E-state index contributed by atoms with van der Waals surface area (Å²) in [5.74, 6) is 1.70. The fraction of sp³-hybridized carbons (Fsp3) is 0.241. The number of rotatable bonds is 9. The third kappa shape index (κ3) is 4.92. The molecule has 0 saturated heterocycles. The predicted octanol–water partition coefficient (Wildman–Crippen LogP) is 6.32. The lowest BCUT2D eigenvalue weighted by Crippen LogP contribution is -2.50. The molecule has 3 aromatic carbocycles. The summed E-state index contributed by atoms with van der Waals surface area (Å²) >= 11 is 0. The summed E-state index contributed by atoms with van der Waals surface area (Å²) in [6, 6.07) is 25.5. The van der Waals surface area contributed by atoms with Crippen LogP contribution in [0.2, 0.25) is 0 Å². The first-order chi connectivity index (χ1) is 17.0. The Hall–Kier alpha value is -4.06. The summed E-state index contributed by atoms with van der Waals surface area (Å²) in [6.45, 7) is 2.36. The van der Waals surface area contributed by atoms with Crippen molar-refractivity contribution < 1.29 is 23.8 Å². The Kier molecular flexibility index (Phi) is 6.27. The van der Waals surface area contributed by atoms with E-state index in [4.69, 9.17) is 13.9 Å². The zero-order valence-corrected chi connectivity index (χ0v) is 19.6. The van der Waals surface area contributed by atoms with E-state index in [1.165, 1.54) is 5.56 Å². The highest BCUT2D eigenvalue weighted by atomic mass is 16.5. The molecule has 0 amide bonds. The average Bonchev–Trinajstić information content (AvgIpc) is 3.23. The van der Waals surface area contributed by atoms with Gasteiger partial charge in [0.25, 0.3) is 0 Å². The topological polar surface area (TPSA) is 81.8 Å². The second kappa shape index (κ2) is 9.66. The van der Waals surface area contributed by atoms with Gasteiger partial charge in [-0.1, -0.05) is 42.5 Å². The molecule has 1 fully saturated rings. The van der Waals surface area contributed by atoms with E-state index in [9.17, 15) is 9.90 Å². The number of carboxylic acids is 1. The molecule has 1 aromatic heterocycles. The van der Waals surface area contributed by atoms with Gasteiger partial charge in [0.05, 0.1) is 12.3 Å². The normalized spacial score (nSPS) is 14.2. The van der Waals surface area contributed by atoms with Gasteiger partial charge in [-0.15, -0.1) is 0 Å². The lowest BCUT2D eigenvalue weighted by atomic mass is 9.80. The minimum absolute atomic E-state index is 0.443. The quantitative estimate of drug-likeness (QED) is 0.309. The van der Waals surface area contributed by atoms with Crippen LogP contribution in [0, 0.1) is 6.92 Å². The van der Waals surface area contributed by atoms with E-state index in [1.54, 1.807) is 24.3 Å². The highest BCUT2D eigenvalue weighted by Gasteiger charge is 2.47. The number of aliphatic carboxylic acids is 1. The Balaban J connectivity index is 1.17. The molecular weight excluding hydrogens is 442 g/mol. The van der Waals surface area contributed by atoms with Crippen LogP contribution in [0.1, 0.15) is 30.7 Å². The van der Waals surface area contributed by atoms with E-state index < -0.39 is 11.6 Å². The maximum absolute atomic E-state index is 11.5. The van der Waals surface area contributed by atoms with Gasteiger partial charge in [-0.25, -0.2) is 9.78 Å². The zero-order chi connectivity index (χ0) is 24.3. The van der Waals surface area contributed by atoms with Gasteiger partial charge in [0.1, 0.15) is 17.3 Å². The largest absolute Gasteiger partial charge is 0.493 e. The number of carboxylic acid groups (broad SMARTS) is 1. The van der Waals surface area contributed by atoms with E-state index in [-0.39, 0.29) is 0 Å². The van der Waals surface area contributed by atoms with Crippen LogP contribution in [0.5, 0.6) is 11.5 Å². The van der Waals surface area contributed by atoms with Gasteiger partial charge in [-0.2, -0.15) is 0 Å². The monoisotopic (exact) mass is 469 g/mol. The summed E-state index contributed by atoms with van der Waals surface area (Å²) in [4.78, 5) is 16.2. The molecule has 0 atom stereocenters. The Morgan fingerprint density at radius 2 is 1.54 bits per heavy atom. The highest BCUT2D eigenvalue weighted by Crippen LogP contribution is 2.37. The average molecular weight is 470 g/mol. The maximum Gasteiger partial charge on any atom is 0.348 e. The van der Waals surface area contributed by atoms with Gasteiger partial charge in [-0.3, -0.25) is 0 Å². The Labute approximate surface area is 204 Å². The van der Waals surface area contributed by atoms with Crippen molar-refractivity contribution in [2.45, 2.75) is 38.2 Å². The van der Waals surface area contributed by atoms with Crippen LogP contribution in [0.15, 0.2) is 83.3 Å². The summed E-state index contributed by atoms with van der Waals surface area (Å²) in [6.07, 6.45) is 2.56. The van der Waals surface area contributed by atoms with Crippen molar-refractivity contribution in [2.75, 3.05) is 6.61 Å². The SMILES string of the molecule is Cc1oc(-c2ccc(-c3ccccc3)cc2)nc1CCOc1ccc(OC2(C(=O)O)CCC2)cc1. The van der Waals surface area contributed by atoms with Crippen molar-refractivity contribution in [2.24, 2.45) is 0 Å². The molecule has 1 aliphatic rings. The number of aryl methyl sites for hydroxylation is 1. The number of nitrogens with zero attached hydrogens (tertiary/aromatic N) is 1. The van der Waals surface area contributed by atoms with Gasteiger partial charge in [0.2, 0.25) is 11.5 Å². The minimum Gasteiger partial charge on any atom is -0.493 e. The Bertz CT molecular complexity index is 1290. The van der Waals surface area contributed by atoms with Gasteiger partial charge < -0.3 is 19.0 Å². The van der Waals surface area contributed by atoms with Gasteiger partial charge >= 0.3 is 5.97 Å². The zero-order valence-electron chi connectivity index (χ0n) is 19.6. The number of benzene rings is 3. The third-order valence-corrected chi connectivity index (χ3v) is 6.43. The van der Waals surface area contributed by atoms with E-state index in [0.29, 0.717) is 43.3 Å². The number of hydrogen-bond acceptors (Lipinski definition) is 5. The van der Waals surface area contributed by atoms with Gasteiger partial charge in [-0.05, 0) is 73.7 Å². The second-order valence-electron chi connectivity index (χ2n) is 8.79. The maximum atomic E-state index is 11.5. The molecule has 0 radical (unpaired) electrons. The van der Waals surface area contributed by atoms with Crippen molar-refractivity contribution in [1.82, 2.24) is 4.98 Å². The first-order valence-electron chi connectivity index (χ1n) is 11.8. The highest BCUT2D eigenvalue weighted by molar-refractivity contribution is 5.79. The number of ether oxygens (including phenoxy) is 2. The molecule has 178 valence electrons. The molecule has 0 spiro atoms. The molecule has 0 aliphatic heterocycles. The molecule has 6 nitrogen and oxygen atoms in total. The van der Waals surface area contributed by atoms with Crippen molar-refractivity contribution in [3.05, 3.63) is 90.3 Å². The molecule has 1 N–H and O–H groups in total. The lowest BCUT2D eigenvalue weighted by Gasteiger charge is -2.37. The van der Waals surface area contributed by atoms with E-state index >= 15 is 0 Å². The summed E-state index contributed by atoms with van der Waals surface area (Å²) in [5, 5.41) is 9.42. The van der Waals surface area contributed by atoms with Gasteiger partial charge in [0, 0.05) is 12.0 Å². The first-order valence-corrected chi connectivity index (χ1v) is 11.8. The molecule has 0 bridgehead atoms. The lowest BCUT2D eigenvalue weighted by molar-refractivity contribution is -0.163. The minimum atomic E-state index is -1.08. The van der Waals surface area contributed by atoms with Crippen LogP contribution in [-0.4, -0.2) is 28.3 Å². The molecular formula is C29H27NO5. The van der Waals surface area contributed by atoms with Crippen LogP contribution in [0.4, 0.5) is 0 Å². The third-order valence-electron chi connectivity index (χ3n) is 6.43. The van der Waals surface area contributed by atoms with Crippen LogP contribution < -0.4 is 9.47 Å². The molecule has 6 heteroatoms. The number of oxazole rings is 1. The summed E-state index contributed by atoms with van der Waals surface area (Å²) in [5.41, 5.74) is 3.03. The van der Waals surface area contributed by atoms with Crippen molar-refractivity contribution in [3.63, 3.8) is 0 Å². The fourth-order valence-corrected chi connectivity index (χ4v) is 4.17. The standard InChI is InChI=1S/C29H27NO5/c1-20-26(30-27(34-20)23-10-8-22(9-11-23)21-6-3-2-4-7-21)16-19-33-24-12-14-25(15-13-24)35-29(28(31)32)17-5-18-29/h2-4,6-15H,5,16-19H2,1H3,(H,31,32). The van der Waals surface area contributed by atoms with E-state index in [1.807, 2.05) is 37.3 Å². The smallest absolute Gasteiger partial charge is 0.348 e. The van der Waals surface area contributed by atoms with E-state index in [2.05, 4.69) is 29.2 Å². The van der Waals surface area contributed by atoms with Crippen LogP contribution in [0.3, 0.4) is 0 Å². The van der Waals surface area contributed by atoms with Crippen molar-refractivity contribution in [3.8, 4) is 34.1 Å². The van der Waals surface area contributed by atoms with Crippen molar-refractivity contribution in [1.29, 1.82) is 0 Å². The van der Waals surface area contributed by atoms with Crippen LogP contribution in [0.25, 0.3) is 22.6 Å². The predicted molar refractivity (Wildman–Crippen MR) is 133 cm³/mol. The molecule has 1 heterocycles. The van der Waals surface area contributed by atoms with Crippen molar-refractivity contribution >= 4 is 5.97 Å². The first kappa shape index (κ1) is 22.7. The summed E-state index contributed by atoms with van der Waals surface area (Å²) in [7, 11) is 0.